The summed E-state index contributed by atoms with van der Waals surface area (Å²) < 4.78 is 18.2. The second-order valence-electron chi connectivity index (χ2n) is 8.07. The first-order chi connectivity index (χ1) is 14.4. The number of ether oxygens (including phenoxy) is 1. The molecule has 1 aromatic carbocycles. The van der Waals surface area contributed by atoms with Crippen molar-refractivity contribution in [2.24, 2.45) is 11.8 Å². The number of hydrogen-bond acceptors (Lipinski definition) is 5. The fourth-order valence-electron chi connectivity index (χ4n) is 4.23. The Bertz CT molecular complexity index is 726. The molecule has 0 aliphatic heterocycles. The van der Waals surface area contributed by atoms with Crippen molar-refractivity contribution in [3.63, 3.8) is 0 Å². The standard InChI is InChI=1S/C24H33FO5/c1-30-24(29)11-5-3-2-4-9-19-20(23(28)16-22(19)27)15-14-18(26)13-12-17-8-6-7-10-21(17)25/h6-8,10,18-20,22-23,26-28H,2-5,9,11,14-16H2,1H3/t18-,19-,20-,22-,23+/m1/s1. The van der Waals surface area contributed by atoms with Crippen LogP contribution < -0.4 is 0 Å². The molecule has 0 bridgehead atoms. The lowest BCUT2D eigenvalue weighted by atomic mass is 9.85. The Labute approximate surface area is 178 Å². The lowest BCUT2D eigenvalue weighted by molar-refractivity contribution is -0.140. The van der Waals surface area contributed by atoms with Crippen LogP contribution in [-0.2, 0) is 9.53 Å². The monoisotopic (exact) mass is 420 g/mol. The molecule has 0 heterocycles. The van der Waals surface area contributed by atoms with Gasteiger partial charge in [-0.2, -0.15) is 0 Å². The zero-order valence-corrected chi connectivity index (χ0v) is 17.6. The number of carbonyl (C=O) groups excluding carboxylic acids is 1. The largest absolute Gasteiger partial charge is 0.469 e. The maximum Gasteiger partial charge on any atom is 0.305 e. The second-order valence-corrected chi connectivity index (χ2v) is 8.07. The SMILES string of the molecule is COC(=O)CCCCCC[C@@H]1[C@@H](CC[C@H](O)C#Cc2ccccc2F)[C@@H](O)C[C@H]1O. The fraction of sp³-hybridized carbons (Fsp3) is 0.625. The van der Waals surface area contributed by atoms with Crippen LogP contribution in [0, 0.1) is 29.5 Å². The molecule has 0 unspecified atom stereocenters. The van der Waals surface area contributed by atoms with Crippen molar-refractivity contribution in [3.05, 3.63) is 35.6 Å². The molecule has 1 aliphatic rings. The van der Waals surface area contributed by atoms with E-state index in [0.717, 1.165) is 32.1 Å². The summed E-state index contributed by atoms with van der Waals surface area (Å²) in [6, 6.07) is 6.17. The topological polar surface area (TPSA) is 87.0 Å². The molecule has 0 aromatic heterocycles. The lowest BCUT2D eigenvalue weighted by Gasteiger charge is -2.24. The molecule has 5 atom stereocenters. The molecule has 6 heteroatoms. The van der Waals surface area contributed by atoms with Gasteiger partial charge in [0, 0.05) is 6.42 Å². The molecule has 0 amide bonds. The Morgan fingerprint density at radius 2 is 1.80 bits per heavy atom. The van der Waals surface area contributed by atoms with E-state index in [9.17, 15) is 24.5 Å². The number of halogens is 1. The molecule has 1 aliphatic carbocycles. The van der Waals surface area contributed by atoms with E-state index in [4.69, 9.17) is 0 Å². The quantitative estimate of drug-likeness (QED) is 0.307. The number of esters is 1. The molecule has 1 saturated carbocycles. The number of benzene rings is 1. The second kappa shape index (κ2) is 12.7. The van der Waals surface area contributed by atoms with Gasteiger partial charge in [0.25, 0.3) is 0 Å². The number of aliphatic hydroxyl groups excluding tert-OH is 3. The van der Waals surface area contributed by atoms with E-state index >= 15 is 0 Å². The summed E-state index contributed by atoms with van der Waals surface area (Å²) in [5, 5.41) is 30.8. The van der Waals surface area contributed by atoms with Crippen molar-refractivity contribution < 1.29 is 29.2 Å². The first-order valence-electron chi connectivity index (χ1n) is 10.8. The van der Waals surface area contributed by atoms with Gasteiger partial charge >= 0.3 is 5.97 Å². The van der Waals surface area contributed by atoms with E-state index in [1.165, 1.54) is 13.2 Å². The fourth-order valence-corrected chi connectivity index (χ4v) is 4.23. The third-order valence-electron chi connectivity index (χ3n) is 5.94. The molecule has 3 N–H and O–H groups in total. The summed E-state index contributed by atoms with van der Waals surface area (Å²) in [6.07, 6.45) is 4.06. The first-order valence-corrected chi connectivity index (χ1v) is 10.8. The van der Waals surface area contributed by atoms with Crippen molar-refractivity contribution in [3.8, 4) is 11.8 Å². The number of hydrogen-bond donors (Lipinski definition) is 3. The highest BCUT2D eigenvalue weighted by atomic mass is 19.1. The van der Waals surface area contributed by atoms with Crippen LogP contribution in [0.15, 0.2) is 24.3 Å². The van der Waals surface area contributed by atoms with Crippen molar-refractivity contribution in [2.45, 2.75) is 76.1 Å². The van der Waals surface area contributed by atoms with E-state index in [1.807, 2.05) is 0 Å². The molecule has 0 radical (unpaired) electrons. The summed E-state index contributed by atoms with van der Waals surface area (Å²) in [5.41, 5.74) is 0.248. The molecule has 5 nitrogen and oxygen atoms in total. The van der Waals surface area contributed by atoms with E-state index in [-0.39, 0.29) is 23.4 Å². The minimum absolute atomic E-state index is 0.00710. The Hall–Kier alpha value is -1.94. The predicted octanol–water partition coefficient (Wildman–Crippen LogP) is 3.19. The average molecular weight is 421 g/mol. The van der Waals surface area contributed by atoms with Crippen molar-refractivity contribution in [1.82, 2.24) is 0 Å². The zero-order chi connectivity index (χ0) is 21.9. The Morgan fingerprint density at radius 3 is 2.50 bits per heavy atom. The zero-order valence-electron chi connectivity index (χ0n) is 17.6. The molecule has 0 spiro atoms. The minimum Gasteiger partial charge on any atom is -0.469 e. The molecular weight excluding hydrogens is 387 g/mol. The highest BCUT2D eigenvalue weighted by Crippen LogP contribution is 2.39. The van der Waals surface area contributed by atoms with Gasteiger partial charge in [0.15, 0.2) is 0 Å². The molecule has 30 heavy (non-hydrogen) atoms. The summed E-state index contributed by atoms with van der Waals surface area (Å²) >= 11 is 0. The van der Waals surface area contributed by atoms with Crippen molar-refractivity contribution in [2.75, 3.05) is 7.11 Å². The van der Waals surface area contributed by atoms with Crippen LogP contribution in [0.2, 0.25) is 0 Å². The number of aliphatic hydroxyl groups is 3. The number of unbranched alkanes of at least 4 members (excludes halogenated alkanes) is 3. The molecule has 2 rings (SSSR count). The van der Waals surface area contributed by atoms with Gasteiger partial charge in [-0.25, -0.2) is 4.39 Å². The highest BCUT2D eigenvalue weighted by Gasteiger charge is 2.40. The van der Waals surface area contributed by atoms with Crippen LogP contribution in [-0.4, -0.2) is 46.7 Å². The Kier molecular flexibility index (Phi) is 10.3. The van der Waals surface area contributed by atoms with Gasteiger partial charge in [0.1, 0.15) is 11.9 Å². The van der Waals surface area contributed by atoms with Crippen LogP contribution in [0.25, 0.3) is 0 Å². The van der Waals surface area contributed by atoms with E-state index in [0.29, 0.717) is 25.7 Å². The van der Waals surface area contributed by atoms with E-state index in [2.05, 4.69) is 16.6 Å². The Balaban J connectivity index is 1.77. The third kappa shape index (κ3) is 7.71. The van der Waals surface area contributed by atoms with E-state index < -0.39 is 24.1 Å². The smallest absolute Gasteiger partial charge is 0.305 e. The number of carbonyl (C=O) groups is 1. The van der Waals surface area contributed by atoms with Gasteiger partial charge in [-0.1, -0.05) is 43.2 Å². The normalized spacial score (nSPS) is 24.2. The van der Waals surface area contributed by atoms with Gasteiger partial charge in [0.2, 0.25) is 0 Å². The molecule has 1 aromatic rings. The summed E-state index contributed by atoms with van der Waals surface area (Å²) in [4.78, 5) is 11.1. The van der Waals surface area contributed by atoms with Gasteiger partial charge in [-0.15, -0.1) is 0 Å². The van der Waals surface area contributed by atoms with Gasteiger partial charge in [-0.05, 0) is 56.1 Å². The molecule has 1 fully saturated rings. The van der Waals surface area contributed by atoms with Crippen molar-refractivity contribution in [1.29, 1.82) is 0 Å². The number of methoxy groups -OCH3 is 1. The summed E-state index contributed by atoms with van der Waals surface area (Å²) in [5.74, 6) is 4.63. The van der Waals surface area contributed by atoms with Crippen LogP contribution in [0.5, 0.6) is 0 Å². The summed E-state index contributed by atoms with van der Waals surface area (Å²) in [7, 11) is 1.39. The molecule has 0 saturated heterocycles. The maximum atomic E-state index is 13.6. The van der Waals surface area contributed by atoms with Crippen LogP contribution >= 0.6 is 0 Å². The predicted molar refractivity (Wildman–Crippen MR) is 112 cm³/mol. The Morgan fingerprint density at radius 1 is 1.13 bits per heavy atom. The maximum absolute atomic E-state index is 13.6. The summed E-state index contributed by atoms with van der Waals surface area (Å²) in [6.45, 7) is 0. The number of rotatable bonds is 10. The van der Waals surface area contributed by atoms with Crippen LogP contribution in [0.3, 0.4) is 0 Å². The van der Waals surface area contributed by atoms with Gasteiger partial charge in [-0.3, -0.25) is 4.79 Å². The van der Waals surface area contributed by atoms with Crippen LogP contribution in [0.4, 0.5) is 4.39 Å². The first kappa shape index (κ1) is 24.3. The van der Waals surface area contributed by atoms with Crippen LogP contribution in [0.1, 0.15) is 63.4 Å². The molecular formula is C24H33FO5. The van der Waals surface area contributed by atoms with E-state index in [1.54, 1.807) is 18.2 Å². The highest BCUT2D eigenvalue weighted by molar-refractivity contribution is 5.68. The lowest BCUT2D eigenvalue weighted by Crippen LogP contribution is -2.23. The molecule has 166 valence electrons. The third-order valence-corrected chi connectivity index (χ3v) is 5.94. The van der Waals surface area contributed by atoms with Gasteiger partial charge in [0.05, 0.1) is 24.9 Å². The average Bonchev–Trinajstić information content (AvgIpc) is 3.00. The minimum atomic E-state index is -0.909. The van der Waals surface area contributed by atoms with Crippen molar-refractivity contribution >= 4 is 5.97 Å². The van der Waals surface area contributed by atoms with Gasteiger partial charge < -0.3 is 20.1 Å².